The zero-order chi connectivity index (χ0) is 42.9. The predicted octanol–water partition coefficient (Wildman–Crippen LogP) is 4.65. The average molecular weight is 859 g/mol. The van der Waals surface area contributed by atoms with E-state index in [1.807, 2.05) is 10.8 Å². The molecule has 1 saturated heterocycles. The van der Waals surface area contributed by atoms with Gasteiger partial charge in [-0.15, -0.1) is 0 Å². The summed E-state index contributed by atoms with van der Waals surface area (Å²) in [7, 11) is -2.54. The number of alkyl halides is 2. The highest BCUT2D eigenvalue weighted by Gasteiger charge is 2.64. The van der Waals surface area contributed by atoms with Crippen molar-refractivity contribution in [2.75, 3.05) is 13.7 Å². The zero-order valence-corrected chi connectivity index (χ0v) is 35.6. The van der Waals surface area contributed by atoms with Crippen molar-refractivity contribution < 1.29 is 50.6 Å². The Labute approximate surface area is 348 Å². The molecule has 5 fully saturated rings. The second-order valence-electron chi connectivity index (χ2n) is 19.0. The van der Waals surface area contributed by atoms with Crippen LogP contribution in [0.25, 0.3) is 11.0 Å². The number of sulfonamides is 1. The van der Waals surface area contributed by atoms with Crippen LogP contribution in [0, 0.1) is 35.0 Å². The first kappa shape index (κ1) is 42.3. The molecule has 2 aliphatic heterocycles. The molecule has 4 amide bonds. The maximum atomic E-state index is 14.9. The molecule has 1 aromatic heterocycles. The number of carbonyl (C=O) groups is 4. The van der Waals surface area contributed by atoms with E-state index in [9.17, 15) is 36.4 Å². The van der Waals surface area contributed by atoms with Crippen molar-refractivity contribution >= 4 is 44.9 Å². The lowest BCUT2D eigenvalue weighted by Crippen LogP contribution is -2.61. The van der Waals surface area contributed by atoms with Gasteiger partial charge in [-0.2, -0.15) is 0 Å². The minimum Gasteiger partial charge on any atom is -0.497 e. The van der Waals surface area contributed by atoms with Crippen molar-refractivity contribution in [1.29, 1.82) is 0 Å². The fourth-order valence-corrected chi connectivity index (χ4v) is 11.3. The molecule has 328 valence electrons. The minimum atomic E-state index is -4.09. The zero-order valence-electron chi connectivity index (χ0n) is 34.7. The number of halogens is 2. The summed E-state index contributed by atoms with van der Waals surface area (Å²) in [4.78, 5) is 68.2. The largest absolute Gasteiger partial charge is 0.497 e. The summed E-state index contributed by atoms with van der Waals surface area (Å²) in [5, 5.41) is 4.72. The number of aromatic nitrogens is 2. The Balaban J connectivity index is 1.15. The van der Waals surface area contributed by atoms with E-state index >= 15 is 0 Å². The van der Waals surface area contributed by atoms with E-state index < -0.39 is 92.9 Å². The monoisotopic (exact) mass is 858 g/mol. The van der Waals surface area contributed by atoms with Crippen LogP contribution in [0.15, 0.2) is 18.2 Å². The number of fused-ring (bicyclic) bond motifs is 7. The van der Waals surface area contributed by atoms with Gasteiger partial charge in [0.25, 0.3) is 5.91 Å². The van der Waals surface area contributed by atoms with E-state index in [0.29, 0.717) is 53.6 Å². The van der Waals surface area contributed by atoms with Gasteiger partial charge in [0.2, 0.25) is 34.1 Å². The van der Waals surface area contributed by atoms with Crippen LogP contribution in [-0.2, 0) is 35.6 Å². The van der Waals surface area contributed by atoms with E-state index in [-0.39, 0.29) is 30.9 Å². The van der Waals surface area contributed by atoms with Crippen LogP contribution in [0.3, 0.4) is 0 Å². The summed E-state index contributed by atoms with van der Waals surface area (Å²) in [5.41, 5.74) is -1.08. The lowest BCUT2D eigenvalue weighted by molar-refractivity contribution is -0.143. The Morgan fingerprint density at radius 2 is 1.80 bits per heavy atom. The smallest absolute Gasteiger partial charge is 0.408 e. The second-order valence-corrected chi connectivity index (χ2v) is 21.0. The number of ether oxygens (including phenoxy) is 3. The highest BCUT2D eigenvalue weighted by atomic mass is 32.2. The Bertz CT molecular complexity index is 2150. The summed E-state index contributed by atoms with van der Waals surface area (Å²) < 4.78 is 73.5. The average Bonchev–Trinajstić information content (AvgIpc) is 4.12. The summed E-state index contributed by atoms with van der Waals surface area (Å²) in [6, 6.07) is 2.83. The third-order valence-corrected chi connectivity index (χ3v) is 15.5. The lowest BCUT2D eigenvalue weighted by Gasteiger charge is -2.36. The maximum Gasteiger partial charge on any atom is 0.408 e. The predicted molar refractivity (Wildman–Crippen MR) is 213 cm³/mol. The maximum absolute atomic E-state index is 14.9. The van der Waals surface area contributed by atoms with Gasteiger partial charge in [0.05, 0.1) is 29.9 Å². The summed E-state index contributed by atoms with van der Waals surface area (Å²) in [6.45, 7) is 6.89. The molecule has 15 nitrogen and oxygen atoms in total. The molecular formula is C42H56F2N6O9S. The van der Waals surface area contributed by atoms with Crippen LogP contribution in [0.5, 0.6) is 11.6 Å². The molecule has 1 aromatic carbocycles. The lowest BCUT2D eigenvalue weighted by atomic mass is 9.85. The van der Waals surface area contributed by atoms with Crippen LogP contribution in [-0.4, -0.2) is 102 Å². The van der Waals surface area contributed by atoms with E-state index in [4.69, 9.17) is 24.2 Å². The van der Waals surface area contributed by atoms with Crippen molar-refractivity contribution in [3.8, 4) is 11.6 Å². The number of nitrogens with one attached hydrogen (secondary N) is 3. The first-order chi connectivity index (χ1) is 28.4. The molecule has 2 aromatic rings. The SMILES string of the molecule is COc1ccc2nc3c(nc2c1)O[C@H]1CN(C(=O)[C@H](C(C)(C)C)NC(=O)O[C@@H]2C[C@@H]4CC4[C@H]2CCCCC3)[C@H](C(=O)N[C@]2(C(=O)NS(=O)(=O)C3CC3)C[C@H]2CC(F)F)[C@@H]1C. The molecule has 10 atom stereocenters. The third kappa shape index (κ3) is 8.45. The Morgan fingerprint density at radius 3 is 2.50 bits per heavy atom. The quantitative estimate of drug-likeness (QED) is 0.335. The Morgan fingerprint density at radius 1 is 1.03 bits per heavy atom. The first-order valence-electron chi connectivity index (χ1n) is 21.3. The molecule has 3 heterocycles. The van der Waals surface area contributed by atoms with Crippen LogP contribution < -0.4 is 24.8 Å². The van der Waals surface area contributed by atoms with Crippen LogP contribution in [0.1, 0.15) is 97.6 Å². The van der Waals surface area contributed by atoms with Crippen molar-refractivity contribution in [2.45, 2.75) is 140 Å². The van der Waals surface area contributed by atoms with Gasteiger partial charge in [-0.25, -0.2) is 32.0 Å². The van der Waals surface area contributed by atoms with E-state index in [1.54, 1.807) is 46.9 Å². The van der Waals surface area contributed by atoms with Gasteiger partial charge in [-0.1, -0.05) is 40.5 Å². The number of amides is 4. The molecule has 1 unspecified atom stereocenters. The number of alkyl carbamates (subject to hydrolysis) is 1. The van der Waals surface area contributed by atoms with E-state index in [1.165, 1.54) is 4.90 Å². The molecular weight excluding hydrogens is 803 g/mol. The second kappa shape index (κ2) is 15.8. The first-order valence-corrected chi connectivity index (χ1v) is 22.9. The number of hydrogen-bond acceptors (Lipinski definition) is 11. The molecule has 0 spiro atoms. The van der Waals surface area contributed by atoms with Gasteiger partial charge in [0.1, 0.15) is 41.3 Å². The molecule has 6 aliphatic rings. The summed E-state index contributed by atoms with van der Waals surface area (Å²) in [5.74, 6) is -2.36. The summed E-state index contributed by atoms with van der Waals surface area (Å²) >= 11 is 0. The van der Waals surface area contributed by atoms with Gasteiger partial charge < -0.3 is 29.7 Å². The van der Waals surface area contributed by atoms with Gasteiger partial charge in [-0.05, 0) is 92.6 Å². The standard InChI is InChI=1S/C42H56F2N6O9S/c1-21-32-20-50(34(21)36(51)48-42(19-23(42)17-33(43)44)39(53)49-60(55,56)25-12-13-25)38(52)35(41(2,3)4)47-40(54)59-31-16-22-15-27(22)26(31)9-7-6-8-10-29-37(58-32)46-30-18-24(57-5)11-14-28(30)45-29/h11,14,18,21-23,25-27,31-35H,6-10,12-13,15-17,19-20H2,1-5H3,(H,47,54)(H,48,51)(H,49,53)/t21-,22+,23-,26-,27?,31-,32+,34+,35-,42-/m1/s1. The Hall–Kier alpha value is -4.35. The molecule has 8 rings (SSSR count). The Kier molecular flexibility index (Phi) is 11.2. The number of benzene rings is 1. The van der Waals surface area contributed by atoms with E-state index in [2.05, 4.69) is 10.6 Å². The number of nitrogens with zero attached hydrogens (tertiary/aromatic N) is 3. The van der Waals surface area contributed by atoms with Crippen LogP contribution in [0.4, 0.5) is 13.6 Å². The van der Waals surface area contributed by atoms with Gasteiger partial charge >= 0.3 is 6.09 Å². The van der Waals surface area contributed by atoms with Crippen molar-refractivity contribution in [3.63, 3.8) is 0 Å². The van der Waals surface area contributed by atoms with Gasteiger partial charge in [0.15, 0.2) is 0 Å². The highest BCUT2D eigenvalue weighted by molar-refractivity contribution is 7.91. The highest BCUT2D eigenvalue weighted by Crippen LogP contribution is 2.58. The molecule has 3 N–H and O–H groups in total. The van der Waals surface area contributed by atoms with Crippen molar-refractivity contribution in [2.24, 2.45) is 35.0 Å². The van der Waals surface area contributed by atoms with E-state index in [0.717, 1.165) is 38.5 Å². The normalized spacial score (nSPS) is 33.3. The molecule has 0 radical (unpaired) electrons. The van der Waals surface area contributed by atoms with Gasteiger partial charge in [0, 0.05) is 18.4 Å². The number of methoxy groups -OCH3 is 1. The fourth-order valence-electron chi connectivity index (χ4n) is 9.89. The molecule has 2 bridgehead atoms. The van der Waals surface area contributed by atoms with Gasteiger partial charge in [-0.3, -0.25) is 19.1 Å². The number of hydrogen-bond donors (Lipinski definition) is 3. The number of carbonyl (C=O) groups excluding carboxylic acids is 4. The topological polar surface area (TPSA) is 195 Å². The fraction of sp³-hybridized carbons (Fsp3) is 0.714. The minimum absolute atomic E-state index is 0.150. The van der Waals surface area contributed by atoms with Crippen LogP contribution >= 0.6 is 0 Å². The molecule has 4 aliphatic carbocycles. The molecule has 60 heavy (non-hydrogen) atoms. The number of rotatable bonds is 8. The molecule has 4 saturated carbocycles. The third-order valence-electron chi connectivity index (χ3n) is 13.7. The van der Waals surface area contributed by atoms with Crippen LogP contribution in [0.2, 0.25) is 0 Å². The van der Waals surface area contributed by atoms with Crippen molar-refractivity contribution in [1.82, 2.24) is 30.2 Å². The number of aryl methyl sites for hydroxylation is 1. The van der Waals surface area contributed by atoms with Crippen molar-refractivity contribution in [3.05, 3.63) is 23.9 Å². The summed E-state index contributed by atoms with van der Waals surface area (Å²) in [6.07, 6.45) is 0.986. The molecule has 18 heteroatoms.